The highest BCUT2D eigenvalue weighted by Crippen LogP contribution is 2.37. The highest BCUT2D eigenvalue weighted by Gasteiger charge is 2.14. The van der Waals surface area contributed by atoms with Gasteiger partial charge in [-0.05, 0) is 36.6 Å². The lowest BCUT2D eigenvalue weighted by Gasteiger charge is -2.16. The molecule has 0 fully saturated rings. The van der Waals surface area contributed by atoms with Crippen LogP contribution in [0.2, 0.25) is 0 Å². The Morgan fingerprint density at radius 2 is 1.60 bits per heavy atom. The van der Waals surface area contributed by atoms with Crippen molar-refractivity contribution in [2.45, 2.75) is 39.5 Å². The highest BCUT2D eigenvalue weighted by atomic mass is 16.5. The molecule has 106 valence electrons. The van der Waals surface area contributed by atoms with E-state index >= 15 is 0 Å². The van der Waals surface area contributed by atoms with Crippen molar-refractivity contribution in [2.24, 2.45) is 0 Å². The molecule has 2 heteroatoms. The molecule has 0 bridgehead atoms. The van der Waals surface area contributed by atoms with Gasteiger partial charge in [0.2, 0.25) is 0 Å². The van der Waals surface area contributed by atoms with Crippen molar-refractivity contribution in [1.29, 1.82) is 0 Å². The predicted octanol–water partition coefficient (Wildman–Crippen LogP) is 5.09. The molecule has 0 aliphatic carbocycles. The molecular formula is C18H22O2. The Morgan fingerprint density at radius 1 is 0.900 bits per heavy atom. The quantitative estimate of drug-likeness (QED) is 0.792. The average Bonchev–Trinajstić information content (AvgIpc) is 2.47. The van der Waals surface area contributed by atoms with Crippen LogP contribution in [0.4, 0.5) is 0 Å². The summed E-state index contributed by atoms with van der Waals surface area (Å²) in [6, 6.07) is 13.4. The topological polar surface area (TPSA) is 29.5 Å². The molecule has 0 aromatic heterocycles. The van der Waals surface area contributed by atoms with E-state index in [4.69, 9.17) is 4.74 Å². The van der Waals surface area contributed by atoms with Crippen molar-refractivity contribution in [3.8, 4) is 17.2 Å². The first kappa shape index (κ1) is 14.4. The van der Waals surface area contributed by atoms with Gasteiger partial charge in [-0.15, -0.1) is 0 Å². The average molecular weight is 270 g/mol. The molecule has 0 unspecified atom stereocenters. The maximum Gasteiger partial charge on any atom is 0.172 e. The smallest absolute Gasteiger partial charge is 0.172 e. The van der Waals surface area contributed by atoms with Gasteiger partial charge in [-0.25, -0.2) is 0 Å². The fourth-order valence-electron chi connectivity index (χ4n) is 2.40. The number of hydrogen-bond acceptors (Lipinski definition) is 2. The zero-order chi connectivity index (χ0) is 14.4. The SMILES string of the molecule is CCCc1ccc(O)c(Oc2ccccc2)c1CCC. The van der Waals surface area contributed by atoms with Crippen LogP contribution in [0.5, 0.6) is 17.2 Å². The molecule has 2 aromatic carbocycles. The number of phenols is 1. The Bertz CT molecular complexity index is 547. The minimum atomic E-state index is 0.220. The van der Waals surface area contributed by atoms with Gasteiger partial charge in [-0.1, -0.05) is 51.0 Å². The standard InChI is InChI=1S/C18H22O2/c1-3-8-14-12-13-17(19)18(16(14)9-4-2)20-15-10-6-5-7-11-15/h5-7,10-13,19H,3-4,8-9H2,1-2H3. The normalized spacial score (nSPS) is 10.5. The number of hydrogen-bond donors (Lipinski definition) is 1. The second-order valence-corrected chi connectivity index (χ2v) is 4.97. The Hall–Kier alpha value is -1.96. The summed E-state index contributed by atoms with van der Waals surface area (Å²) in [5, 5.41) is 10.1. The molecule has 0 heterocycles. The molecule has 2 rings (SSSR count). The van der Waals surface area contributed by atoms with Crippen molar-refractivity contribution in [1.82, 2.24) is 0 Å². The minimum Gasteiger partial charge on any atom is -0.504 e. The Kier molecular flexibility index (Phi) is 5.05. The van der Waals surface area contributed by atoms with Gasteiger partial charge in [-0.2, -0.15) is 0 Å². The third kappa shape index (κ3) is 3.32. The third-order valence-corrected chi connectivity index (χ3v) is 3.32. The molecule has 1 N–H and O–H groups in total. The number of aryl methyl sites for hydroxylation is 1. The number of aromatic hydroxyl groups is 1. The molecule has 0 atom stereocenters. The Balaban J connectivity index is 2.41. The fourth-order valence-corrected chi connectivity index (χ4v) is 2.40. The van der Waals surface area contributed by atoms with Crippen LogP contribution < -0.4 is 4.74 Å². The van der Waals surface area contributed by atoms with Crippen molar-refractivity contribution in [3.05, 3.63) is 53.6 Å². The summed E-state index contributed by atoms with van der Waals surface area (Å²) in [4.78, 5) is 0. The summed E-state index contributed by atoms with van der Waals surface area (Å²) in [6.07, 6.45) is 4.06. The van der Waals surface area contributed by atoms with Gasteiger partial charge < -0.3 is 9.84 Å². The molecule has 2 aromatic rings. The summed E-state index contributed by atoms with van der Waals surface area (Å²) in [6.45, 7) is 4.31. The molecule has 0 radical (unpaired) electrons. The first-order chi connectivity index (χ1) is 9.76. The van der Waals surface area contributed by atoms with Crippen LogP contribution in [-0.4, -0.2) is 5.11 Å². The number of benzene rings is 2. The molecule has 0 aliphatic heterocycles. The maximum absolute atomic E-state index is 10.1. The number of rotatable bonds is 6. The molecule has 0 saturated heterocycles. The van der Waals surface area contributed by atoms with E-state index in [1.54, 1.807) is 6.07 Å². The lowest BCUT2D eigenvalue weighted by molar-refractivity contribution is 0.406. The zero-order valence-electron chi connectivity index (χ0n) is 12.2. The number of ether oxygens (including phenoxy) is 1. The van der Waals surface area contributed by atoms with Gasteiger partial charge in [0.05, 0.1) is 0 Å². The van der Waals surface area contributed by atoms with E-state index in [1.807, 2.05) is 36.4 Å². The van der Waals surface area contributed by atoms with E-state index < -0.39 is 0 Å². The summed E-state index contributed by atoms with van der Waals surface area (Å²) < 4.78 is 5.93. The zero-order valence-corrected chi connectivity index (χ0v) is 12.2. The maximum atomic E-state index is 10.1. The van der Waals surface area contributed by atoms with Gasteiger partial charge in [0.15, 0.2) is 11.5 Å². The minimum absolute atomic E-state index is 0.220. The molecular weight excluding hydrogens is 248 g/mol. The van der Waals surface area contributed by atoms with Crippen molar-refractivity contribution in [3.63, 3.8) is 0 Å². The molecule has 0 amide bonds. The molecule has 0 spiro atoms. The summed E-state index contributed by atoms with van der Waals surface area (Å²) in [7, 11) is 0. The fraction of sp³-hybridized carbons (Fsp3) is 0.333. The summed E-state index contributed by atoms with van der Waals surface area (Å²) in [5.74, 6) is 1.59. The van der Waals surface area contributed by atoms with Gasteiger partial charge in [-0.3, -0.25) is 0 Å². The second kappa shape index (κ2) is 6.99. The molecule has 20 heavy (non-hydrogen) atoms. The third-order valence-electron chi connectivity index (χ3n) is 3.32. The van der Waals surface area contributed by atoms with E-state index in [0.29, 0.717) is 5.75 Å². The van der Waals surface area contributed by atoms with Crippen molar-refractivity contribution in [2.75, 3.05) is 0 Å². The highest BCUT2D eigenvalue weighted by molar-refractivity contribution is 5.52. The number of phenolic OH excluding ortho intramolecular Hbond substituents is 1. The first-order valence-electron chi connectivity index (χ1n) is 7.32. The predicted molar refractivity (Wildman–Crippen MR) is 82.6 cm³/mol. The van der Waals surface area contributed by atoms with Crippen LogP contribution in [-0.2, 0) is 12.8 Å². The molecule has 2 nitrogen and oxygen atoms in total. The van der Waals surface area contributed by atoms with E-state index in [2.05, 4.69) is 13.8 Å². The largest absolute Gasteiger partial charge is 0.504 e. The van der Waals surface area contributed by atoms with Gasteiger partial charge in [0.1, 0.15) is 5.75 Å². The van der Waals surface area contributed by atoms with Gasteiger partial charge >= 0.3 is 0 Å². The van der Waals surface area contributed by atoms with Crippen LogP contribution in [0.1, 0.15) is 37.8 Å². The van der Waals surface area contributed by atoms with E-state index in [0.717, 1.165) is 37.0 Å². The summed E-state index contributed by atoms with van der Waals surface area (Å²) in [5.41, 5.74) is 2.41. The molecule has 0 aliphatic rings. The van der Waals surface area contributed by atoms with Crippen molar-refractivity contribution >= 4 is 0 Å². The summed E-state index contributed by atoms with van der Waals surface area (Å²) >= 11 is 0. The van der Waals surface area contributed by atoms with E-state index in [9.17, 15) is 5.11 Å². The van der Waals surface area contributed by atoms with Crippen LogP contribution >= 0.6 is 0 Å². The Morgan fingerprint density at radius 3 is 2.25 bits per heavy atom. The lowest BCUT2D eigenvalue weighted by atomic mass is 9.98. The van der Waals surface area contributed by atoms with Crippen LogP contribution in [0, 0.1) is 0 Å². The van der Waals surface area contributed by atoms with Gasteiger partial charge in [0.25, 0.3) is 0 Å². The van der Waals surface area contributed by atoms with Crippen LogP contribution in [0.3, 0.4) is 0 Å². The van der Waals surface area contributed by atoms with Crippen molar-refractivity contribution < 1.29 is 9.84 Å². The van der Waals surface area contributed by atoms with Crippen LogP contribution in [0.25, 0.3) is 0 Å². The number of para-hydroxylation sites is 1. The Labute approximate surface area is 121 Å². The first-order valence-corrected chi connectivity index (χ1v) is 7.32. The molecule has 0 saturated carbocycles. The lowest BCUT2D eigenvalue weighted by Crippen LogP contribution is -1.98. The van der Waals surface area contributed by atoms with Crippen LogP contribution in [0.15, 0.2) is 42.5 Å². The second-order valence-electron chi connectivity index (χ2n) is 4.97. The van der Waals surface area contributed by atoms with E-state index in [-0.39, 0.29) is 5.75 Å². The monoisotopic (exact) mass is 270 g/mol. The van der Waals surface area contributed by atoms with Gasteiger partial charge in [0, 0.05) is 5.56 Å². The van der Waals surface area contributed by atoms with E-state index in [1.165, 1.54) is 5.56 Å².